The molecule has 0 saturated heterocycles. The van der Waals surface area contributed by atoms with Crippen molar-refractivity contribution in [2.24, 2.45) is 0 Å². The largest absolute Gasteiger partial charge is 0.496 e. The van der Waals surface area contributed by atoms with E-state index in [2.05, 4.69) is 15.9 Å². The van der Waals surface area contributed by atoms with Gasteiger partial charge in [-0.2, -0.15) is 0 Å². The average Bonchev–Trinajstić information content (AvgIpc) is 2.54. The lowest BCUT2D eigenvalue weighted by molar-refractivity contribution is -0.384. The maximum absolute atomic E-state index is 12.3. The van der Waals surface area contributed by atoms with Crippen LogP contribution in [0.2, 0.25) is 0 Å². The van der Waals surface area contributed by atoms with Crippen LogP contribution in [0, 0.1) is 10.1 Å². The summed E-state index contributed by atoms with van der Waals surface area (Å²) >= 11 is 3.30. The molecule has 0 aliphatic heterocycles. The van der Waals surface area contributed by atoms with E-state index in [4.69, 9.17) is 4.74 Å². The van der Waals surface area contributed by atoms with Gasteiger partial charge >= 0.3 is 0 Å². The van der Waals surface area contributed by atoms with Crippen LogP contribution < -0.4 is 4.74 Å². The summed E-state index contributed by atoms with van der Waals surface area (Å²) in [7, 11) is -2.23. The molecule has 0 aromatic heterocycles. The van der Waals surface area contributed by atoms with Gasteiger partial charge in [-0.25, -0.2) is 8.42 Å². The fourth-order valence-electron chi connectivity index (χ4n) is 2.01. The molecule has 0 aliphatic carbocycles. The summed E-state index contributed by atoms with van der Waals surface area (Å²) in [4.78, 5) is 10.3. The standard InChI is InChI=1S/C16H14BrNO5S/c1-23-16-7-6-15(18(19)20)10-13(16)11-24(21,22)9-8-12-2-4-14(17)5-3-12/h2-10H,11H2,1H3/b9-8+. The Morgan fingerprint density at radius 3 is 2.46 bits per heavy atom. The molecule has 0 amide bonds. The van der Waals surface area contributed by atoms with Crippen molar-refractivity contribution in [3.63, 3.8) is 0 Å². The normalized spacial score (nSPS) is 11.6. The molecule has 0 bridgehead atoms. The molecule has 0 unspecified atom stereocenters. The minimum atomic E-state index is -3.61. The van der Waals surface area contributed by atoms with Crippen LogP contribution >= 0.6 is 15.9 Å². The van der Waals surface area contributed by atoms with Gasteiger partial charge in [0.1, 0.15) is 5.75 Å². The van der Waals surface area contributed by atoms with E-state index in [0.717, 1.165) is 15.4 Å². The number of ether oxygens (including phenoxy) is 1. The van der Waals surface area contributed by atoms with Gasteiger partial charge in [-0.3, -0.25) is 10.1 Å². The van der Waals surface area contributed by atoms with Crippen LogP contribution in [-0.4, -0.2) is 20.5 Å². The lowest BCUT2D eigenvalue weighted by atomic mass is 10.2. The zero-order chi connectivity index (χ0) is 17.7. The summed E-state index contributed by atoms with van der Waals surface area (Å²) in [6, 6.07) is 11.0. The van der Waals surface area contributed by atoms with Crippen molar-refractivity contribution in [1.82, 2.24) is 0 Å². The monoisotopic (exact) mass is 411 g/mol. The van der Waals surface area contributed by atoms with E-state index in [9.17, 15) is 18.5 Å². The summed E-state index contributed by atoms with van der Waals surface area (Å²) in [5, 5.41) is 11.9. The van der Waals surface area contributed by atoms with Gasteiger partial charge in [-0.05, 0) is 29.8 Å². The van der Waals surface area contributed by atoms with Gasteiger partial charge in [0.15, 0.2) is 9.84 Å². The molecule has 0 atom stereocenters. The van der Waals surface area contributed by atoms with Gasteiger partial charge in [-0.15, -0.1) is 0 Å². The predicted molar refractivity (Wildman–Crippen MR) is 95.4 cm³/mol. The number of methoxy groups -OCH3 is 1. The van der Waals surface area contributed by atoms with Gasteiger partial charge in [0.25, 0.3) is 5.69 Å². The van der Waals surface area contributed by atoms with E-state index < -0.39 is 14.8 Å². The fraction of sp³-hybridized carbons (Fsp3) is 0.125. The Hall–Kier alpha value is -2.19. The second-order valence-corrected chi connectivity index (χ2v) is 7.72. The summed E-state index contributed by atoms with van der Waals surface area (Å²) in [5.74, 6) is -0.0913. The molecule has 6 nitrogen and oxygen atoms in total. The van der Waals surface area contributed by atoms with Crippen molar-refractivity contribution in [3.8, 4) is 5.75 Å². The first kappa shape index (κ1) is 18.2. The third kappa shape index (κ3) is 4.90. The van der Waals surface area contributed by atoms with E-state index in [0.29, 0.717) is 5.75 Å². The number of nitro groups is 1. The third-order valence-corrected chi connectivity index (χ3v) is 4.96. The molecule has 0 aliphatic rings. The lowest BCUT2D eigenvalue weighted by Crippen LogP contribution is -2.03. The quantitative estimate of drug-likeness (QED) is 0.530. The van der Waals surface area contributed by atoms with Crippen molar-refractivity contribution in [2.75, 3.05) is 7.11 Å². The Bertz CT molecular complexity index is 876. The Kier molecular flexibility index (Phi) is 5.74. The Balaban J connectivity index is 2.26. The average molecular weight is 412 g/mol. The maximum atomic E-state index is 12.3. The summed E-state index contributed by atoms with van der Waals surface area (Å²) in [6.07, 6.45) is 1.48. The van der Waals surface area contributed by atoms with Gasteiger partial charge in [0.05, 0.1) is 17.8 Å². The predicted octanol–water partition coefficient (Wildman–Crippen LogP) is 3.95. The molecule has 8 heteroatoms. The van der Waals surface area contributed by atoms with Crippen LogP contribution in [0.5, 0.6) is 5.75 Å². The van der Waals surface area contributed by atoms with Crippen molar-refractivity contribution in [2.45, 2.75) is 5.75 Å². The number of nitrogens with zero attached hydrogens (tertiary/aromatic N) is 1. The molecule has 2 aromatic rings. The number of hydrogen-bond donors (Lipinski definition) is 0. The summed E-state index contributed by atoms with van der Waals surface area (Å²) < 4.78 is 30.5. The second kappa shape index (κ2) is 7.59. The molecule has 0 spiro atoms. The third-order valence-electron chi connectivity index (χ3n) is 3.17. The number of nitro benzene ring substituents is 1. The Morgan fingerprint density at radius 1 is 1.21 bits per heavy atom. The van der Waals surface area contributed by atoms with E-state index in [1.807, 2.05) is 0 Å². The zero-order valence-electron chi connectivity index (χ0n) is 12.7. The highest BCUT2D eigenvalue weighted by Crippen LogP contribution is 2.26. The highest BCUT2D eigenvalue weighted by molar-refractivity contribution is 9.10. The van der Waals surface area contributed by atoms with Crippen LogP contribution in [0.25, 0.3) is 6.08 Å². The number of halogens is 1. The van der Waals surface area contributed by atoms with E-state index in [1.165, 1.54) is 31.4 Å². The first-order valence-corrected chi connectivity index (χ1v) is 9.29. The number of hydrogen-bond acceptors (Lipinski definition) is 5. The SMILES string of the molecule is COc1ccc([N+](=O)[O-])cc1CS(=O)(=O)/C=C/c1ccc(Br)cc1. The minimum absolute atomic E-state index is 0.183. The van der Waals surface area contributed by atoms with Gasteiger partial charge in [-0.1, -0.05) is 28.1 Å². The highest BCUT2D eigenvalue weighted by atomic mass is 79.9. The van der Waals surface area contributed by atoms with Crippen LogP contribution in [-0.2, 0) is 15.6 Å². The van der Waals surface area contributed by atoms with Crippen LogP contribution in [0.15, 0.2) is 52.3 Å². The first-order valence-electron chi connectivity index (χ1n) is 6.78. The molecule has 0 N–H and O–H groups in total. The molecule has 2 rings (SSSR count). The van der Waals surface area contributed by atoms with Gasteiger partial charge in [0, 0.05) is 27.6 Å². The maximum Gasteiger partial charge on any atom is 0.270 e. The summed E-state index contributed by atoms with van der Waals surface area (Å²) in [5.41, 5.74) is 0.790. The van der Waals surface area contributed by atoms with E-state index in [-0.39, 0.29) is 17.0 Å². The minimum Gasteiger partial charge on any atom is -0.496 e. The van der Waals surface area contributed by atoms with Crippen LogP contribution in [0.1, 0.15) is 11.1 Å². The smallest absolute Gasteiger partial charge is 0.270 e. The number of rotatable bonds is 6. The van der Waals surface area contributed by atoms with Crippen molar-refractivity contribution in [1.29, 1.82) is 0 Å². The lowest BCUT2D eigenvalue weighted by Gasteiger charge is -2.07. The van der Waals surface area contributed by atoms with Crippen LogP contribution in [0.3, 0.4) is 0 Å². The van der Waals surface area contributed by atoms with Gasteiger partial charge < -0.3 is 4.74 Å². The van der Waals surface area contributed by atoms with Gasteiger partial charge in [0.2, 0.25) is 0 Å². The zero-order valence-corrected chi connectivity index (χ0v) is 15.1. The van der Waals surface area contributed by atoms with E-state index >= 15 is 0 Å². The Morgan fingerprint density at radius 2 is 1.88 bits per heavy atom. The van der Waals surface area contributed by atoms with Crippen molar-refractivity contribution < 1.29 is 18.1 Å². The van der Waals surface area contributed by atoms with Crippen LogP contribution in [0.4, 0.5) is 5.69 Å². The molecule has 0 fully saturated rings. The highest BCUT2D eigenvalue weighted by Gasteiger charge is 2.16. The Labute approximate surface area is 148 Å². The molecule has 24 heavy (non-hydrogen) atoms. The molecule has 0 radical (unpaired) electrons. The molecule has 0 saturated carbocycles. The molecule has 2 aromatic carbocycles. The molecular formula is C16H14BrNO5S. The fourth-order valence-corrected chi connectivity index (χ4v) is 3.40. The number of sulfone groups is 1. The first-order chi connectivity index (χ1) is 11.3. The molecular weight excluding hydrogens is 398 g/mol. The topological polar surface area (TPSA) is 86.5 Å². The van der Waals surface area contributed by atoms with Crippen molar-refractivity contribution >= 4 is 37.5 Å². The van der Waals surface area contributed by atoms with Crippen molar-refractivity contribution in [3.05, 3.63) is 73.6 Å². The molecule has 126 valence electrons. The number of non-ortho nitro benzene ring substituents is 1. The second-order valence-electron chi connectivity index (χ2n) is 4.91. The number of benzene rings is 2. The summed E-state index contributed by atoms with van der Waals surface area (Å²) in [6.45, 7) is 0. The molecule has 0 heterocycles. The van der Waals surface area contributed by atoms with E-state index in [1.54, 1.807) is 24.3 Å².